The maximum absolute atomic E-state index is 11.7. The molecule has 0 aromatic carbocycles. The Morgan fingerprint density at radius 3 is 2.84 bits per heavy atom. The Kier molecular flexibility index (Phi) is 4.35. The molecule has 1 fully saturated rings. The second-order valence-corrected chi connectivity index (χ2v) is 5.09. The van der Waals surface area contributed by atoms with Crippen molar-refractivity contribution < 1.29 is 19.1 Å². The monoisotopic (exact) mass is 265 g/mol. The largest absolute Gasteiger partial charge is 0.462 e. The van der Waals surface area contributed by atoms with Gasteiger partial charge in [-0.25, -0.2) is 0 Å². The fourth-order valence-electron chi connectivity index (χ4n) is 2.67. The first kappa shape index (κ1) is 13.8. The van der Waals surface area contributed by atoms with E-state index in [-0.39, 0.29) is 29.8 Å². The van der Waals surface area contributed by atoms with E-state index in [9.17, 15) is 14.4 Å². The molecule has 0 bridgehead atoms. The minimum Gasteiger partial charge on any atom is -0.462 e. The molecule has 1 N–H and O–H groups in total. The van der Waals surface area contributed by atoms with Gasteiger partial charge in [-0.3, -0.25) is 19.7 Å². The van der Waals surface area contributed by atoms with Crippen LogP contribution in [0.4, 0.5) is 0 Å². The van der Waals surface area contributed by atoms with E-state index < -0.39 is 0 Å². The summed E-state index contributed by atoms with van der Waals surface area (Å²) in [6.45, 7) is 2.02. The van der Waals surface area contributed by atoms with E-state index in [0.29, 0.717) is 12.0 Å². The third-order valence-corrected chi connectivity index (χ3v) is 3.65. The Hall–Kier alpha value is -1.65. The first-order valence-electron chi connectivity index (χ1n) is 6.88. The number of carbonyl (C=O) groups excluding carboxylic acids is 3. The number of rotatable bonds is 5. The number of unbranched alkanes of at least 4 members (excludes halogenated alkanes) is 1. The van der Waals surface area contributed by atoms with Gasteiger partial charge in [0.25, 0.3) is 11.8 Å². The van der Waals surface area contributed by atoms with Crippen LogP contribution < -0.4 is 5.32 Å². The number of esters is 1. The van der Waals surface area contributed by atoms with Gasteiger partial charge in [-0.15, -0.1) is 0 Å². The molecule has 1 heterocycles. The highest BCUT2D eigenvalue weighted by Crippen LogP contribution is 2.35. The first-order chi connectivity index (χ1) is 9.11. The second-order valence-electron chi connectivity index (χ2n) is 5.09. The molecule has 0 aromatic heterocycles. The lowest BCUT2D eigenvalue weighted by Gasteiger charge is -2.20. The molecule has 5 heteroatoms. The van der Waals surface area contributed by atoms with E-state index in [0.717, 1.165) is 32.1 Å². The van der Waals surface area contributed by atoms with Crippen molar-refractivity contribution in [2.45, 2.75) is 51.6 Å². The summed E-state index contributed by atoms with van der Waals surface area (Å²) >= 11 is 0. The summed E-state index contributed by atoms with van der Waals surface area (Å²) in [4.78, 5) is 34.5. The maximum Gasteiger partial charge on any atom is 0.306 e. The summed E-state index contributed by atoms with van der Waals surface area (Å²) in [5.74, 6) is -1.05. The fraction of sp³-hybridized carbons (Fsp3) is 0.643. The highest BCUT2D eigenvalue weighted by atomic mass is 16.5. The van der Waals surface area contributed by atoms with Crippen molar-refractivity contribution in [3.63, 3.8) is 0 Å². The van der Waals surface area contributed by atoms with Crippen LogP contribution in [-0.2, 0) is 19.1 Å². The van der Waals surface area contributed by atoms with Gasteiger partial charge in [-0.1, -0.05) is 13.3 Å². The van der Waals surface area contributed by atoms with Crippen LogP contribution in [0.1, 0.15) is 45.4 Å². The predicted octanol–water partition coefficient (Wildman–Crippen LogP) is 1.47. The predicted molar refractivity (Wildman–Crippen MR) is 68.0 cm³/mol. The maximum atomic E-state index is 11.7. The van der Waals surface area contributed by atoms with Crippen molar-refractivity contribution in [3.8, 4) is 0 Å². The molecular formula is C14H19NO4. The molecule has 2 amide bonds. The molecule has 19 heavy (non-hydrogen) atoms. The van der Waals surface area contributed by atoms with E-state index in [1.165, 1.54) is 6.08 Å². The highest BCUT2D eigenvalue weighted by molar-refractivity contribution is 6.16. The molecule has 0 saturated heterocycles. The van der Waals surface area contributed by atoms with Crippen LogP contribution in [0, 0.1) is 5.92 Å². The zero-order valence-corrected chi connectivity index (χ0v) is 11.1. The van der Waals surface area contributed by atoms with Gasteiger partial charge in [0.15, 0.2) is 0 Å². The molecule has 1 aliphatic heterocycles. The Bertz CT molecular complexity index is 427. The van der Waals surface area contributed by atoms with Gasteiger partial charge in [-0.05, 0) is 25.7 Å². The average molecular weight is 265 g/mol. The van der Waals surface area contributed by atoms with Crippen LogP contribution in [0.25, 0.3) is 0 Å². The summed E-state index contributed by atoms with van der Waals surface area (Å²) in [6.07, 6.45) is 5.74. The second kappa shape index (κ2) is 5.99. The number of nitrogens with one attached hydrogen (secondary N) is 1. The number of ether oxygens (including phenoxy) is 1. The Morgan fingerprint density at radius 1 is 1.42 bits per heavy atom. The van der Waals surface area contributed by atoms with Crippen molar-refractivity contribution in [3.05, 3.63) is 11.6 Å². The summed E-state index contributed by atoms with van der Waals surface area (Å²) in [5.41, 5.74) is 0.468. The van der Waals surface area contributed by atoms with Gasteiger partial charge < -0.3 is 4.74 Å². The van der Waals surface area contributed by atoms with Crippen LogP contribution in [0.2, 0.25) is 0 Å². The van der Waals surface area contributed by atoms with Crippen molar-refractivity contribution >= 4 is 17.8 Å². The number of hydrogen-bond acceptors (Lipinski definition) is 4. The van der Waals surface area contributed by atoms with Crippen molar-refractivity contribution in [2.75, 3.05) is 0 Å². The van der Waals surface area contributed by atoms with E-state index in [4.69, 9.17) is 4.74 Å². The minimum absolute atomic E-state index is 0.128. The molecule has 0 aromatic rings. The van der Waals surface area contributed by atoms with E-state index >= 15 is 0 Å². The quantitative estimate of drug-likeness (QED) is 0.603. The van der Waals surface area contributed by atoms with E-state index in [2.05, 4.69) is 5.32 Å². The Morgan fingerprint density at radius 2 is 2.21 bits per heavy atom. The van der Waals surface area contributed by atoms with Crippen LogP contribution in [0.3, 0.4) is 0 Å². The van der Waals surface area contributed by atoms with Gasteiger partial charge in [0, 0.05) is 24.0 Å². The van der Waals surface area contributed by atoms with Crippen molar-refractivity contribution in [1.82, 2.24) is 5.32 Å². The van der Waals surface area contributed by atoms with Gasteiger partial charge in [-0.2, -0.15) is 0 Å². The number of amides is 2. The molecule has 5 nitrogen and oxygen atoms in total. The lowest BCUT2D eigenvalue weighted by Crippen LogP contribution is -2.29. The topological polar surface area (TPSA) is 72.5 Å². The first-order valence-corrected chi connectivity index (χ1v) is 6.88. The van der Waals surface area contributed by atoms with Gasteiger partial charge in [0.2, 0.25) is 0 Å². The minimum atomic E-state index is -0.372. The number of carbonyl (C=O) groups is 3. The number of imide groups is 1. The van der Waals surface area contributed by atoms with Crippen LogP contribution in [0.15, 0.2) is 11.6 Å². The molecule has 0 spiro atoms. The van der Waals surface area contributed by atoms with Crippen molar-refractivity contribution in [2.24, 2.45) is 5.92 Å². The average Bonchev–Trinajstić information content (AvgIpc) is 2.93. The summed E-state index contributed by atoms with van der Waals surface area (Å²) in [5, 5.41) is 2.24. The normalized spacial score (nSPS) is 26.3. The van der Waals surface area contributed by atoms with Crippen LogP contribution in [-0.4, -0.2) is 23.9 Å². The Balaban J connectivity index is 1.97. The highest BCUT2D eigenvalue weighted by Gasteiger charge is 2.38. The summed E-state index contributed by atoms with van der Waals surface area (Å²) in [7, 11) is 0. The molecule has 2 rings (SSSR count). The standard InChI is InChI=1S/C14H19NO4/c1-2-3-7-13(17)19-11-6-4-5-9(11)10-8-12(16)15-14(10)18/h8-9,11H,2-7H2,1H3,(H,15,16,18)/t9-,11-/m0/s1. The molecule has 2 atom stereocenters. The zero-order valence-electron chi connectivity index (χ0n) is 11.1. The molecule has 104 valence electrons. The smallest absolute Gasteiger partial charge is 0.306 e. The van der Waals surface area contributed by atoms with Crippen molar-refractivity contribution in [1.29, 1.82) is 0 Å². The molecule has 1 saturated carbocycles. The summed E-state index contributed by atoms with van der Waals surface area (Å²) < 4.78 is 5.45. The lowest BCUT2D eigenvalue weighted by molar-refractivity contribution is -0.150. The van der Waals surface area contributed by atoms with Gasteiger partial charge in [0.1, 0.15) is 6.10 Å². The van der Waals surface area contributed by atoms with Gasteiger partial charge >= 0.3 is 5.97 Å². The third-order valence-electron chi connectivity index (χ3n) is 3.65. The fourth-order valence-corrected chi connectivity index (χ4v) is 2.67. The van der Waals surface area contributed by atoms with Crippen LogP contribution >= 0.6 is 0 Å². The zero-order chi connectivity index (χ0) is 13.8. The molecule has 2 aliphatic rings. The van der Waals surface area contributed by atoms with Gasteiger partial charge in [0.05, 0.1) is 0 Å². The number of hydrogen-bond donors (Lipinski definition) is 1. The molecular weight excluding hydrogens is 246 g/mol. The third kappa shape index (κ3) is 3.22. The lowest BCUT2D eigenvalue weighted by atomic mass is 9.95. The van der Waals surface area contributed by atoms with E-state index in [1.807, 2.05) is 6.92 Å². The Labute approximate surface area is 112 Å². The van der Waals surface area contributed by atoms with E-state index in [1.54, 1.807) is 0 Å². The molecule has 0 unspecified atom stereocenters. The SMILES string of the molecule is CCCCC(=O)O[C@H]1CCC[C@H]1C1=CC(=O)NC1=O. The van der Waals surface area contributed by atoms with Crippen LogP contribution in [0.5, 0.6) is 0 Å². The summed E-state index contributed by atoms with van der Waals surface area (Å²) in [6, 6.07) is 0. The molecule has 1 aliphatic carbocycles. The molecule has 0 radical (unpaired) electrons.